The lowest BCUT2D eigenvalue weighted by molar-refractivity contribution is 0.102. The van der Waals surface area contributed by atoms with Crippen molar-refractivity contribution in [2.45, 2.75) is 12.8 Å². The van der Waals surface area contributed by atoms with Crippen molar-refractivity contribution < 1.29 is 19.7 Å². The van der Waals surface area contributed by atoms with E-state index in [0.29, 0.717) is 24.2 Å². The van der Waals surface area contributed by atoms with Crippen LogP contribution in [0.3, 0.4) is 0 Å². The highest BCUT2D eigenvalue weighted by molar-refractivity contribution is 6.15. The molecule has 0 bridgehead atoms. The van der Waals surface area contributed by atoms with E-state index in [-0.39, 0.29) is 28.4 Å². The van der Waals surface area contributed by atoms with Gasteiger partial charge >= 0.3 is 0 Å². The van der Waals surface area contributed by atoms with Gasteiger partial charge < -0.3 is 14.9 Å². The fourth-order valence-electron chi connectivity index (χ4n) is 4.11. The Morgan fingerprint density at radius 3 is 2.32 bits per heavy atom. The summed E-state index contributed by atoms with van der Waals surface area (Å²) in [5, 5.41) is 21.1. The van der Waals surface area contributed by atoms with Crippen LogP contribution < -0.4 is 4.74 Å². The summed E-state index contributed by atoms with van der Waals surface area (Å²) < 4.78 is 5.90. The third-order valence-corrected chi connectivity index (χ3v) is 5.58. The molecule has 0 atom stereocenters. The maximum absolute atomic E-state index is 13.1. The van der Waals surface area contributed by atoms with Gasteiger partial charge in [-0.3, -0.25) is 4.79 Å². The Bertz CT molecular complexity index is 1290. The van der Waals surface area contributed by atoms with Crippen LogP contribution in [0.2, 0.25) is 0 Å². The highest BCUT2D eigenvalue weighted by atomic mass is 16.5. The van der Waals surface area contributed by atoms with Crippen molar-refractivity contribution in [2.75, 3.05) is 0 Å². The lowest BCUT2D eigenvalue weighted by Crippen LogP contribution is -2.16. The zero-order valence-electron chi connectivity index (χ0n) is 16.7. The van der Waals surface area contributed by atoms with E-state index in [1.807, 2.05) is 72.8 Å². The second-order valence-electron chi connectivity index (χ2n) is 7.66. The summed E-state index contributed by atoms with van der Waals surface area (Å²) >= 11 is 0. The van der Waals surface area contributed by atoms with E-state index in [0.717, 1.165) is 22.4 Å². The Morgan fingerprint density at radius 2 is 1.48 bits per heavy atom. The molecule has 0 fully saturated rings. The minimum atomic E-state index is -0.338. The summed E-state index contributed by atoms with van der Waals surface area (Å²) in [5.74, 6) is 1.04. The standard InChI is InChI=1S/C27H20O4/c28-23-11-5-7-18-16-19-12-13-20(26(29)25(19)27(30)24(18)23)14-17-6-4-10-22(15-17)31-21-8-2-1-3-9-21/h1-13,15,28-29H,14,16H2. The Labute approximate surface area is 180 Å². The summed E-state index contributed by atoms with van der Waals surface area (Å²) in [6, 6.07) is 26.0. The van der Waals surface area contributed by atoms with Gasteiger partial charge in [0.15, 0.2) is 0 Å². The van der Waals surface area contributed by atoms with Gasteiger partial charge in [0.2, 0.25) is 5.78 Å². The maximum Gasteiger partial charge on any atom is 0.201 e. The number of carbonyl (C=O) groups is 1. The van der Waals surface area contributed by atoms with Crippen LogP contribution in [-0.2, 0) is 12.8 Å². The maximum atomic E-state index is 13.1. The Hall–Kier alpha value is -4.05. The number of hydrogen-bond donors (Lipinski definition) is 2. The third kappa shape index (κ3) is 3.53. The first-order valence-electron chi connectivity index (χ1n) is 10.1. The molecule has 152 valence electrons. The van der Waals surface area contributed by atoms with E-state index in [4.69, 9.17) is 4.74 Å². The van der Waals surface area contributed by atoms with Gasteiger partial charge in [-0.05, 0) is 59.0 Å². The summed E-state index contributed by atoms with van der Waals surface area (Å²) in [4.78, 5) is 13.1. The molecule has 4 aromatic carbocycles. The average Bonchev–Trinajstić information content (AvgIpc) is 2.77. The van der Waals surface area contributed by atoms with Crippen molar-refractivity contribution in [2.24, 2.45) is 0 Å². The fourth-order valence-corrected chi connectivity index (χ4v) is 4.11. The minimum absolute atomic E-state index is 0.0224. The number of phenolic OH excluding ortho intramolecular Hbond substituents is 2. The van der Waals surface area contributed by atoms with Crippen LogP contribution in [0.25, 0.3) is 0 Å². The number of benzene rings is 4. The monoisotopic (exact) mass is 408 g/mol. The van der Waals surface area contributed by atoms with Crippen LogP contribution in [0.5, 0.6) is 23.0 Å². The van der Waals surface area contributed by atoms with Gasteiger partial charge in [0, 0.05) is 6.42 Å². The molecule has 0 radical (unpaired) electrons. The van der Waals surface area contributed by atoms with Gasteiger partial charge in [-0.25, -0.2) is 0 Å². The lowest BCUT2D eigenvalue weighted by atomic mass is 9.82. The first-order valence-corrected chi connectivity index (χ1v) is 10.1. The first kappa shape index (κ1) is 18.9. The van der Waals surface area contributed by atoms with Gasteiger partial charge in [-0.1, -0.05) is 54.6 Å². The number of ether oxygens (including phenoxy) is 1. The van der Waals surface area contributed by atoms with Crippen molar-refractivity contribution in [1.82, 2.24) is 0 Å². The average molecular weight is 408 g/mol. The molecule has 0 amide bonds. The molecule has 4 heteroatoms. The van der Waals surface area contributed by atoms with Gasteiger partial charge in [-0.15, -0.1) is 0 Å². The third-order valence-electron chi connectivity index (χ3n) is 5.58. The largest absolute Gasteiger partial charge is 0.507 e. The molecule has 4 aromatic rings. The quantitative estimate of drug-likeness (QED) is 0.405. The molecule has 0 heterocycles. The molecule has 0 saturated heterocycles. The van der Waals surface area contributed by atoms with Crippen LogP contribution in [0.4, 0.5) is 0 Å². The highest BCUT2D eigenvalue weighted by Crippen LogP contribution is 2.38. The molecule has 31 heavy (non-hydrogen) atoms. The molecule has 1 aliphatic rings. The van der Waals surface area contributed by atoms with Gasteiger partial charge in [0.25, 0.3) is 0 Å². The molecule has 5 rings (SSSR count). The zero-order valence-corrected chi connectivity index (χ0v) is 16.7. The van der Waals surface area contributed by atoms with E-state index in [9.17, 15) is 15.0 Å². The number of para-hydroxylation sites is 1. The van der Waals surface area contributed by atoms with Crippen molar-refractivity contribution in [3.63, 3.8) is 0 Å². The van der Waals surface area contributed by atoms with Crippen LogP contribution in [0, 0.1) is 0 Å². The van der Waals surface area contributed by atoms with E-state index >= 15 is 0 Å². The molecule has 0 spiro atoms. The molecule has 0 aliphatic heterocycles. The molecule has 0 aromatic heterocycles. The van der Waals surface area contributed by atoms with E-state index in [1.165, 1.54) is 6.07 Å². The van der Waals surface area contributed by atoms with Crippen LogP contribution in [0.1, 0.15) is 38.2 Å². The predicted molar refractivity (Wildman–Crippen MR) is 118 cm³/mol. The number of phenols is 2. The Morgan fingerprint density at radius 1 is 0.742 bits per heavy atom. The molecule has 0 saturated carbocycles. The Kier molecular flexibility index (Phi) is 4.68. The van der Waals surface area contributed by atoms with Crippen molar-refractivity contribution in [1.29, 1.82) is 0 Å². The summed E-state index contributed by atoms with van der Waals surface area (Å²) in [6.07, 6.45) is 0.949. The number of carbonyl (C=O) groups excluding carboxylic acids is 1. The fraction of sp³-hybridized carbons (Fsp3) is 0.0741. The minimum Gasteiger partial charge on any atom is -0.507 e. The van der Waals surface area contributed by atoms with E-state index < -0.39 is 0 Å². The molecule has 4 nitrogen and oxygen atoms in total. The molecule has 1 aliphatic carbocycles. The number of hydrogen-bond acceptors (Lipinski definition) is 4. The van der Waals surface area contributed by atoms with Crippen molar-refractivity contribution >= 4 is 5.78 Å². The van der Waals surface area contributed by atoms with Crippen molar-refractivity contribution in [3.05, 3.63) is 118 Å². The SMILES string of the molecule is O=C1c2c(O)cccc2Cc2ccc(Cc3cccc(Oc4ccccc4)c3)c(O)c21. The molecule has 2 N–H and O–H groups in total. The van der Waals surface area contributed by atoms with Gasteiger partial charge in [0.1, 0.15) is 23.0 Å². The van der Waals surface area contributed by atoms with Crippen molar-refractivity contribution in [3.8, 4) is 23.0 Å². The van der Waals surface area contributed by atoms with E-state index in [1.54, 1.807) is 6.07 Å². The summed E-state index contributed by atoms with van der Waals surface area (Å²) in [6.45, 7) is 0. The summed E-state index contributed by atoms with van der Waals surface area (Å²) in [5.41, 5.74) is 3.71. The number of fused-ring (bicyclic) bond motifs is 2. The lowest BCUT2D eigenvalue weighted by Gasteiger charge is -2.21. The number of rotatable bonds is 4. The topological polar surface area (TPSA) is 66.8 Å². The van der Waals surface area contributed by atoms with Crippen LogP contribution in [-0.4, -0.2) is 16.0 Å². The number of aromatic hydroxyl groups is 2. The number of ketones is 1. The molecular weight excluding hydrogens is 388 g/mol. The predicted octanol–water partition coefficient (Wildman–Crippen LogP) is 5.62. The van der Waals surface area contributed by atoms with E-state index in [2.05, 4.69) is 0 Å². The molecular formula is C27H20O4. The Balaban J connectivity index is 1.45. The van der Waals surface area contributed by atoms with Crippen LogP contribution in [0.15, 0.2) is 84.9 Å². The second kappa shape index (κ2) is 7.65. The first-order chi connectivity index (χ1) is 15.1. The normalized spacial score (nSPS) is 12.2. The highest BCUT2D eigenvalue weighted by Gasteiger charge is 2.29. The smallest absolute Gasteiger partial charge is 0.201 e. The summed E-state index contributed by atoms with van der Waals surface area (Å²) in [7, 11) is 0. The zero-order chi connectivity index (χ0) is 21.4. The van der Waals surface area contributed by atoms with Gasteiger partial charge in [-0.2, -0.15) is 0 Å². The molecule has 0 unspecified atom stereocenters. The van der Waals surface area contributed by atoms with Gasteiger partial charge in [0.05, 0.1) is 11.1 Å². The van der Waals surface area contributed by atoms with Crippen LogP contribution >= 0.6 is 0 Å². The second-order valence-corrected chi connectivity index (χ2v) is 7.66.